The minimum atomic E-state index is -0.739. The molecule has 1 aliphatic rings. The van der Waals surface area contributed by atoms with E-state index in [0.717, 1.165) is 0 Å². The summed E-state index contributed by atoms with van der Waals surface area (Å²) in [6, 6.07) is 8.67. The van der Waals surface area contributed by atoms with Gasteiger partial charge in [-0.3, -0.25) is 9.59 Å². The number of thiazole rings is 1. The van der Waals surface area contributed by atoms with Gasteiger partial charge in [0.25, 0.3) is 11.5 Å². The number of carbonyl (C=O) groups is 1. The third-order valence-electron chi connectivity index (χ3n) is 4.54. The summed E-state index contributed by atoms with van der Waals surface area (Å²) in [5.74, 6) is -0.706. The molecular formula is C19H16N6O4S. The van der Waals surface area contributed by atoms with Crippen LogP contribution in [0.15, 0.2) is 40.5 Å². The van der Waals surface area contributed by atoms with E-state index >= 15 is 0 Å². The number of H-pyrrole nitrogens is 1. The lowest BCUT2D eigenvalue weighted by Gasteiger charge is -2.25. The van der Waals surface area contributed by atoms with Crippen LogP contribution < -0.4 is 31.8 Å². The van der Waals surface area contributed by atoms with Crippen LogP contribution in [0.4, 0.5) is 5.13 Å². The molecule has 0 saturated heterocycles. The average Bonchev–Trinajstić information content (AvgIpc) is 3.15. The summed E-state index contributed by atoms with van der Waals surface area (Å²) >= 11 is 1.30. The van der Waals surface area contributed by atoms with Crippen LogP contribution in [-0.4, -0.2) is 29.5 Å². The molecule has 1 amide bonds. The summed E-state index contributed by atoms with van der Waals surface area (Å²) in [5.41, 5.74) is 12.1. The van der Waals surface area contributed by atoms with E-state index in [1.54, 1.807) is 31.3 Å². The number of allylic oxidation sites excluding steroid dienone is 1. The third kappa shape index (κ3) is 3.19. The number of rotatable bonds is 5. The van der Waals surface area contributed by atoms with Gasteiger partial charge < -0.3 is 31.2 Å². The number of anilines is 1. The number of amides is 1. The highest BCUT2D eigenvalue weighted by atomic mass is 32.1. The molecule has 1 atom stereocenters. The van der Waals surface area contributed by atoms with E-state index in [1.165, 1.54) is 11.3 Å². The van der Waals surface area contributed by atoms with Crippen molar-refractivity contribution in [2.45, 2.75) is 5.92 Å². The van der Waals surface area contributed by atoms with Crippen molar-refractivity contribution in [1.29, 1.82) is 5.26 Å². The van der Waals surface area contributed by atoms with Crippen molar-refractivity contribution in [3.05, 3.63) is 57.2 Å². The van der Waals surface area contributed by atoms with Crippen molar-refractivity contribution in [2.75, 3.05) is 19.0 Å². The lowest BCUT2D eigenvalue weighted by Crippen LogP contribution is -2.27. The number of ether oxygens (including phenoxy) is 2. The molecule has 30 heavy (non-hydrogen) atoms. The quantitative estimate of drug-likeness (QED) is 0.472. The van der Waals surface area contributed by atoms with Crippen LogP contribution >= 0.6 is 11.3 Å². The summed E-state index contributed by atoms with van der Waals surface area (Å²) in [7, 11) is 1.72. The Bertz CT molecular complexity index is 1290. The van der Waals surface area contributed by atoms with E-state index in [1.807, 2.05) is 6.07 Å². The minimum Gasteiger partial charge on any atom is -0.484 e. The molecule has 3 heterocycles. The number of hydrogen-bond donors (Lipinski definition) is 4. The zero-order chi connectivity index (χ0) is 21.4. The van der Waals surface area contributed by atoms with Crippen LogP contribution in [-0.2, 0) is 4.79 Å². The molecule has 152 valence electrons. The number of fused-ring (bicyclic) bond motifs is 3. The van der Waals surface area contributed by atoms with Gasteiger partial charge in [0.15, 0.2) is 23.1 Å². The average molecular weight is 424 g/mol. The van der Waals surface area contributed by atoms with E-state index in [-0.39, 0.29) is 29.4 Å². The lowest BCUT2D eigenvalue weighted by atomic mass is 9.84. The molecule has 2 aromatic heterocycles. The Balaban J connectivity index is 1.86. The molecule has 6 N–H and O–H groups in total. The molecule has 0 fully saturated rings. The van der Waals surface area contributed by atoms with Gasteiger partial charge in [-0.15, -0.1) is 0 Å². The van der Waals surface area contributed by atoms with Crippen LogP contribution in [0, 0.1) is 11.3 Å². The Hall–Kier alpha value is -4.04. The zero-order valence-electron chi connectivity index (χ0n) is 15.7. The number of pyridine rings is 1. The van der Waals surface area contributed by atoms with E-state index < -0.39 is 17.4 Å². The highest BCUT2D eigenvalue weighted by Gasteiger charge is 2.35. The second-order valence-electron chi connectivity index (χ2n) is 6.39. The summed E-state index contributed by atoms with van der Waals surface area (Å²) in [6.45, 7) is -0.257. The summed E-state index contributed by atoms with van der Waals surface area (Å²) in [6.07, 6.45) is 0. The standard InChI is InChI=1S/C19H16N6O4S/c1-23-19-25-17-15(30-19)14-13(18(27)24-17)12(10(6-20)16(22)29-14)8-2-4-9(5-3-8)28-7-11(21)26/h2-5,12H,7,22H2,1H3,(H2,21,26)(H2,23,24,25,27). The molecule has 0 aliphatic carbocycles. The van der Waals surface area contributed by atoms with Gasteiger partial charge in [-0.2, -0.15) is 5.26 Å². The fraction of sp³-hybridized carbons (Fsp3) is 0.158. The molecule has 1 aliphatic heterocycles. The van der Waals surface area contributed by atoms with E-state index in [4.69, 9.17) is 20.9 Å². The first kappa shape index (κ1) is 19.3. The smallest absolute Gasteiger partial charge is 0.257 e. The Morgan fingerprint density at radius 3 is 2.80 bits per heavy atom. The van der Waals surface area contributed by atoms with Gasteiger partial charge in [-0.05, 0) is 17.7 Å². The van der Waals surface area contributed by atoms with Gasteiger partial charge in [-0.1, -0.05) is 23.5 Å². The van der Waals surface area contributed by atoms with Gasteiger partial charge in [0.05, 0.1) is 11.5 Å². The number of benzene rings is 1. The normalized spacial score (nSPS) is 15.3. The minimum absolute atomic E-state index is 0.0737. The molecule has 0 bridgehead atoms. The van der Waals surface area contributed by atoms with Crippen LogP contribution in [0.1, 0.15) is 17.0 Å². The van der Waals surface area contributed by atoms with Gasteiger partial charge in [-0.25, -0.2) is 4.98 Å². The van der Waals surface area contributed by atoms with Crippen molar-refractivity contribution in [2.24, 2.45) is 11.5 Å². The highest BCUT2D eigenvalue weighted by molar-refractivity contribution is 7.22. The second-order valence-corrected chi connectivity index (χ2v) is 7.39. The van der Waals surface area contributed by atoms with Crippen molar-refractivity contribution in [3.8, 4) is 17.6 Å². The fourth-order valence-electron chi connectivity index (χ4n) is 3.24. The van der Waals surface area contributed by atoms with Gasteiger partial charge in [0, 0.05) is 7.05 Å². The second kappa shape index (κ2) is 7.41. The highest BCUT2D eigenvalue weighted by Crippen LogP contribution is 2.45. The Kier molecular flexibility index (Phi) is 4.77. The van der Waals surface area contributed by atoms with E-state index in [9.17, 15) is 14.9 Å². The maximum absolute atomic E-state index is 12.9. The molecule has 11 heteroatoms. The van der Waals surface area contributed by atoms with Crippen molar-refractivity contribution in [3.63, 3.8) is 0 Å². The first-order valence-corrected chi connectivity index (χ1v) is 9.57. The number of primary amides is 1. The van der Waals surface area contributed by atoms with Crippen LogP contribution in [0.2, 0.25) is 0 Å². The lowest BCUT2D eigenvalue weighted by molar-refractivity contribution is -0.119. The predicted octanol–water partition coefficient (Wildman–Crippen LogP) is 1.11. The first-order chi connectivity index (χ1) is 14.4. The van der Waals surface area contributed by atoms with E-state index in [0.29, 0.717) is 26.8 Å². The molecule has 10 nitrogen and oxygen atoms in total. The molecule has 0 saturated carbocycles. The predicted molar refractivity (Wildman–Crippen MR) is 110 cm³/mol. The van der Waals surface area contributed by atoms with Gasteiger partial charge in [0.2, 0.25) is 5.88 Å². The van der Waals surface area contributed by atoms with Crippen LogP contribution in [0.3, 0.4) is 0 Å². The number of nitrogens with zero attached hydrogens (tertiary/aromatic N) is 2. The molecule has 0 radical (unpaired) electrons. The van der Waals surface area contributed by atoms with Crippen molar-refractivity contribution in [1.82, 2.24) is 9.97 Å². The number of carbonyl (C=O) groups excluding carboxylic acids is 1. The monoisotopic (exact) mass is 424 g/mol. The molecular weight excluding hydrogens is 408 g/mol. The summed E-state index contributed by atoms with van der Waals surface area (Å²) in [4.78, 5) is 30.9. The van der Waals surface area contributed by atoms with Gasteiger partial charge in [0.1, 0.15) is 22.1 Å². The third-order valence-corrected chi connectivity index (χ3v) is 5.61. The Morgan fingerprint density at radius 2 is 2.17 bits per heavy atom. The topological polar surface area (TPSA) is 169 Å². The largest absolute Gasteiger partial charge is 0.484 e. The van der Waals surface area contributed by atoms with Crippen LogP contribution in [0.5, 0.6) is 11.5 Å². The maximum Gasteiger partial charge on any atom is 0.257 e. The van der Waals surface area contributed by atoms with Crippen molar-refractivity contribution >= 4 is 32.7 Å². The summed E-state index contributed by atoms with van der Waals surface area (Å²) < 4.78 is 11.6. The number of nitrogens with one attached hydrogen (secondary N) is 2. The number of nitriles is 1. The Morgan fingerprint density at radius 1 is 1.43 bits per heavy atom. The number of aromatic nitrogens is 2. The molecule has 1 unspecified atom stereocenters. The number of hydrogen-bond acceptors (Lipinski definition) is 9. The maximum atomic E-state index is 12.9. The van der Waals surface area contributed by atoms with Crippen molar-refractivity contribution < 1.29 is 14.3 Å². The first-order valence-electron chi connectivity index (χ1n) is 8.76. The molecule has 3 aromatic rings. The number of nitrogens with two attached hydrogens (primary N) is 2. The number of aromatic amines is 1. The molecule has 0 spiro atoms. The molecule has 1 aromatic carbocycles. The van der Waals surface area contributed by atoms with Gasteiger partial charge >= 0.3 is 0 Å². The Labute approximate surface area is 173 Å². The van der Waals surface area contributed by atoms with E-state index in [2.05, 4.69) is 15.3 Å². The fourth-order valence-corrected chi connectivity index (χ4v) is 4.11. The molecule has 4 rings (SSSR count). The van der Waals surface area contributed by atoms with Crippen LogP contribution in [0.25, 0.3) is 10.3 Å². The summed E-state index contributed by atoms with van der Waals surface area (Å²) in [5, 5.41) is 13.2. The zero-order valence-corrected chi connectivity index (χ0v) is 16.5. The SMILES string of the molecule is CNc1nc2[nH]c(=O)c3c(c2s1)OC(N)=C(C#N)C3c1ccc(OCC(N)=O)cc1.